The van der Waals surface area contributed by atoms with E-state index in [1.165, 1.54) is 27.3 Å². The van der Waals surface area contributed by atoms with Crippen LogP contribution in [0, 0.1) is 0 Å². The van der Waals surface area contributed by atoms with E-state index in [1.54, 1.807) is 0 Å². The van der Waals surface area contributed by atoms with E-state index in [0.29, 0.717) is 5.84 Å². The van der Waals surface area contributed by atoms with Crippen LogP contribution in [0.4, 0.5) is 0 Å². The maximum Gasteiger partial charge on any atom is 0.159 e. The monoisotopic (exact) mass is 690 g/mol. The Kier molecular flexibility index (Phi) is 7.85. The Hall–Kier alpha value is -7.17. The summed E-state index contributed by atoms with van der Waals surface area (Å²) in [5, 5.41) is 9.62. The van der Waals surface area contributed by atoms with Gasteiger partial charge in [-0.3, -0.25) is 0 Å². The number of aromatic nitrogens is 1. The third-order valence-electron chi connectivity index (χ3n) is 10.3. The number of amidine groups is 2. The number of pyridine rings is 1. The van der Waals surface area contributed by atoms with Gasteiger partial charge in [0, 0.05) is 27.5 Å². The minimum Gasteiger partial charge on any atom is -0.344 e. The van der Waals surface area contributed by atoms with Crippen molar-refractivity contribution in [2.24, 2.45) is 9.98 Å². The van der Waals surface area contributed by atoms with Crippen LogP contribution in [0.15, 0.2) is 204 Å². The molecule has 0 bridgehead atoms. The number of nitrogens with one attached hydrogen (secondary N) is 1. The molecule has 1 atom stereocenters. The minimum absolute atomic E-state index is 0.393. The van der Waals surface area contributed by atoms with Crippen LogP contribution in [0.1, 0.15) is 22.9 Å². The summed E-state index contributed by atoms with van der Waals surface area (Å²) in [7, 11) is 0. The van der Waals surface area contributed by atoms with Crippen molar-refractivity contribution in [2.45, 2.75) is 6.17 Å². The quantitative estimate of drug-likeness (QED) is 0.177. The van der Waals surface area contributed by atoms with Gasteiger partial charge in [0.05, 0.1) is 11.2 Å². The van der Waals surface area contributed by atoms with Crippen molar-refractivity contribution in [3.8, 4) is 33.5 Å². The molecule has 2 heterocycles. The summed E-state index contributed by atoms with van der Waals surface area (Å²) in [5.74, 6) is 1.48. The zero-order valence-corrected chi connectivity index (χ0v) is 29.4. The molecule has 0 saturated heterocycles. The van der Waals surface area contributed by atoms with Gasteiger partial charge in [-0.05, 0) is 74.3 Å². The largest absolute Gasteiger partial charge is 0.344 e. The second kappa shape index (κ2) is 13.4. The third kappa shape index (κ3) is 5.90. The fourth-order valence-electron chi connectivity index (χ4n) is 7.54. The summed E-state index contributed by atoms with van der Waals surface area (Å²) in [6, 6.07) is 68.3. The van der Waals surface area contributed by atoms with Gasteiger partial charge < -0.3 is 5.32 Å². The van der Waals surface area contributed by atoms with Gasteiger partial charge in [0.15, 0.2) is 5.84 Å². The highest BCUT2D eigenvalue weighted by molar-refractivity contribution is 6.13. The van der Waals surface area contributed by atoms with Gasteiger partial charge >= 0.3 is 0 Å². The molecule has 9 aromatic rings. The summed E-state index contributed by atoms with van der Waals surface area (Å²) in [6.45, 7) is 0. The highest BCUT2D eigenvalue weighted by atomic mass is 15.2. The van der Waals surface area contributed by atoms with Crippen LogP contribution in [0.2, 0.25) is 0 Å². The predicted octanol–water partition coefficient (Wildman–Crippen LogP) is 12.0. The van der Waals surface area contributed by atoms with Crippen molar-refractivity contribution < 1.29 is 0 Å². The zero-order chi connectivity index (χ0) is 35.8. The molecule has 0 radical (unpaired) electrons. The highest BCUT2D eigenvalue weighted by Crippen LogP contribution is 2.37. The van der Waals surface area contributed by atoms with E-state index in [-0.39, 0.29) is 0 Å². The Morgan fingerprint density at radius 2 is 0.981 bits per heavy atom. The molecule has 0 spiro atoms. The first-order valence-electron chi connectivity index (χ1n) is 18.3. The molecule has 1 aliphatic heterocycles. The number of fused-ring (bicyclic) bond motifs is 4. The number of nitrogens with zero attached hydrogens (tertiary/aromatic N) is 3. The summed E-state index contributed by atoms with van der Waals surface area (Å²) in [6.07, 6.45) is -0.393. The molecule has 54 heavy (non-hydrogen) atoms. The summed E-state index contributed by atoms with van der Waals surface area (Å²) in [4.78, 5) is 15.6. The summed E-state index contributed by atoms with van der Waals surface area (Å²) >= 11 is 0. The number of hydrogen-bond acceptors (Lipinski definition) is 4. The summed E-state index contributed by atoms with van der Waals surface area (Å²) < 4.78 is 0. The molecule has 1 unspecified atom stereocenters. The smallest absolute Gasteiger partial charge is 0.159 e. The SMILES string of the molecule is c1ccc(C2=NC(c3cc(-c4ccc(-c5ccc6ccccc6c5)cc4)cc(-c4nc5ccccc5c5ccccc45)c3)NC(c3ccccc3)=N2)cc1. The molecule has 0 fully saturated rings. The van der Waals surface area contributed by atoms with E-state index in [1.807, 2.05) is 36.4 Å². The average molecular weight is 691 g/mol. The number of hydrogen-bond donors (Lipinski definition) is 1. The van der Waals surface area contributed by atoms with E-state index in [0.717, 1.165) is 61.2 Å². The van der Waals surface area contributed by atoms with Crippen molar-refractivity contribution >= 4 is 44.1 Å². The topological polar surface area (TPSA) is 49.6 Å². The van der Waals surface area contributed by atoms with Crippen molar-refractivity contribution in [1.82, 2.24) is 10.3 Å². The average Bonchev–Trinajstić information content (AvgIpc) is 3.26. The Morgan fingerprint density at radius 1 is 0.389 bits per heavy atom. The van der Waals surface area contributed by atoms with Crippen LogP contribution in [0.3, 0.4) is 0 Å². The van der Waals surface area contributed by atoms with Crippen molar-refractivity contribution in [3.63, 3.8) is 0 Å². The molecule has 0 aliphatic carbocycles. The fourth-order valence-corrected chi connectivity index (χ4v) is 7.54. The van der Waals surface area contributed by atoms with Crippen LogP contribution < -0.4 is 5.32 Å². The van der Waals surface area contributed by atoms with E-state index >= 15 is 0 Å². The van der Waals surface area contributed by atoms with E-state index in [2.05, 4.69) is 163 Å². The van der Waals surface area contributed by atoms with Gasteiger partial charge in [-0.2, -0.15) is 0 Å². The van der Waals surface area contributed by atoms with Crippen LogP contribution in [-0.4, -0.2) is 16.7 Å². The Morgan fingerprint density at radius 3 is 1.76 bits per heavy atom. The van der Waals surface area contributed by atoms with Crippen molar-refractivity contribution in [3.05, 3.63) is 211 Å². The van der Waals surface area contributed by atoms with Gasteiger partial charge in [-0.25, -0.2) is 15.0 Å². The third-order valence-corrected chi connectivity index (χ3v) is 10.3. The van der Waals surface area contributed by atoms with Gasteiger partial charge in [0.25, 0.3) is 0 Å². The number of benzene rings is 8. The van der Waals surface area contributed by atoms with Gasteiger partial charge in [0.1, 0.15) is 12.0 Å². The Balaban J connectivity index is 1.14. The molecular weight excluding hydrogens is 657 g/mol. The van der Waals surface area contributed by atoms with Gasteiger partial charge in [-0.1, -0.05) is 164 Å². The lowest BCUT2D eigenvalue weighted by Crippen LogP contribution is -2.33. The molecule has 0 amide bonds. The zero-order valence-electron chi connectivity index (χ0n) is 29.4. The molecule has 1 aromatic heterocycles. The maximum atomic E-state index is 5.32. The predicted molar refractivity (Wildman–Crippen MR) is 225 cm³/mol. The summed E-state index contributed by atoms with van der Waals surface area (Å²) in [5.41, 5.74) is 10.5. The molecule has 4 heteroatoms. The normalized spacial score (nSPS) is 14.1. The minimum atomic E-state index is -0.393. The Labute approximate surface area is 313 Å². The lowest BCUT2D eigenvalue weighted by molar-refractivity contribution is 0.674. The first-order valence-corrected chi connectivity index (χ1v) is 18.3. The molecule has 1 N–H and O–H groups in total. The maximum absolute atomic E-state index is 5.32. The van der Waals surface area contributed by atoms with Gasteiger partial charge in [-0.15, -0.1) is 0 Å². The van der Waals surface area contributed by atoms with Crippen LogP contribution in [-0.2, 0) is 0 Å². The van der Waals surface area contributed by atoms with Crippen molar-refractivity contribution in [1.29, 1.82) is 0 Å². The molecule has 0 saturated carbocycles. The van der Waals surface area contributed by atoms with Gasteiger partial charge in [0.2, 0.25) is 0 Å². The second-order valence-corrected chi connectivity index (χ2v) is 13.7. The van der Waals surface area contributed by atoms with Crippen LogP contribution in [0.5, 0.6) is 0 Å². The molecule has 1 aliphatic rings. The first kappa shape index (κ1) is 31.6. The lowest BCUT2D eigenvalue weighted by atomic mass is 9.93. The van der Waals surface area contributed by atoms with E-state index < -0.39 is 6.17 Å². The van der Waals surface area contributed by atoms with E-state index in [4.69, 9.17) is 15.0 Å². The standard InChI is InChI=1S/C50H34N4/c1-3-14-36(15-4-1)48-52-49(37-16-5-2-6-17-37)54-50(53-48)42-31-40(35-25-23-34(24-26-35)39-28-27-33-13-7-8-18-38(33)29-39)30-41(32-42)47-45-21-10-9-19-43(45)44-20-11-12-22-46(44)51-47/h1-32,50H,(H,52,53,54). The lowest BCUT2D eigenvalue weighted by Gasteiger charge is -2.25. The molecular formula is C50H34N4. The fraction of sp³-hybridized carbons (Fsp3) is 0.0200. The number of rotatable bonds is 6. The first-order chi connectivity index (χ1) is 26.7. The second-order valence-electron chi connectivity index (χ2n) is 13.7. The Bertz CT molecular complexity index is 2890. The molecule has 254 valence electrons. The van der Waals surface area contributed by atoms with Crippen molar-refractivity contribution in [2.75, 3.05) is 0 Å². The van der Waals surface area contributed by atoms with Crippen LogP contribution in [0.25, 0.3) is 66.0 Å². The molecule has 10 rings (SSSR count). The van der Waals surface area contributed by atoms with E-state index in [9.17, 15) is 0 Å². The number of para-hydroxylation sites is 1. The van der Waals surface area contributed by atoms with Crippen LogP contribution >= 0.6 is 0 Å². The molecule has 8 aromatic carbocycles. The number of aliphatic imine (C=N–C) groups is 2. The molecule has 4 nitrogen and oxygen atoms in total. The highest BCUT2D eigenvalue weighted by Gasteiger charge is 2.23.